The summed E-state index contributed by atoms with van der Waals surface area (Å²) >= 11 is 1.30. The minimum absolute atomic E-state index is 0.132. The average Bonchev–Trinajstić information content (AvgIpc) is 3.02. The van der Waals surface area contributed by atoms with Gasteiger partial charge in [-0.3, -0.25) is 9.59 Å². The highest BCUT2D eigenvalue weighted by atomic mass is 32.2. The van der Waals surface area contributed by atoms with Gasteiger partial charge in [0.1, 0.15) is 0 Å². The highest BCUT2D eigenvalue weighted by Gasteiger charge is 2.20. The first-order valence-corrected chi connectivity index (χ1v) is 10.8. The lowest BCUT2D eigenvalue weighted by Gasteiger charge is -2.13. The van der Waals surface area contributed by atoms with E-state index in [2.05, 4.69) is 15.7 Å². The van der Waals surface area contributed by atoms with E-state index < -0.39 is 0 Å². The van der Waals surface area contributed by atoms with Gasteiger partial charge in [-0.15, -0.1) is 11.8 Å². The number of para-hydroxylation sites is 1. The largest absolute Gasteiger partial charge is 0.325 e. The van der Waals surface area contributed by atoms with Crippen LogP contribution in [0.3, 0.4) is 0 Å². The van der Waals surface area contributed by atoms with Gasteiger partial charge in [-0.1, -0.05) is 35.9 Å². The van der Waals surface area contributed by atoms with Crippen LogP contribution in [0.1, 0.15) is 23.9 Å². The van der Waals surface area contributed by atoms with Crippen molar-refractivity contribution in [3.8, 4) is 5.69 Å². The summed E-state index contributed by atoms with van der Waals surface area (Å²) in [6, 6.07) is 17.4. The molecular weight excluding hydrogens is 396 g/mol. The van der Waals surface area contributed by atoms with Crippen molar-refractivity contribution < 1.29 is 9.59 Å². The number of hydrogen-bond acceptors (Lipinski definition) is 4. The van der Waals surface area contributed by atoms with Crippen LogP contribution in [0.25, 0.3) is 5.69 Å². The lowest BCUT2D eigenvalue weighted by Crippen LogP contribution is -2.25. The van der Waals surface area contributed by atoms with Crippen molar-refractivity contribution in [3.05, 3.63) is 71.5 Å². The fourth-order valence-electron chi connectivity index (χ4n) is 2.98. The number of rotatable bonds is 7. The number of nitrogens with zero attached hydrogens (tertiary/aromatic N) is 2. The van der Waals surface area contributed by atoms with E-state index in [9.17, 15) is 9.59 Å². The van der Waals surface area contributed by atoms with Crippen molar-refractivity contribution in [2.24, 2.45) is 0 Å². The van der Waals surface area contributed by atoms with Crippen LogP contribution in [0.15, 0.2) is 54.6 Å². The Labute approximate surface area is 181 Å². The summed E-state index contributed by atoms with van der Waals surface area (Å²) in [5, 5.41) is 9.99. The van der Waals surface area contributed by atoms with Gasteiger partial charge >= 0.3 is 0 Å². The zero-order chi connectivity index (χ0) is 21.7. The molecule has 0 radical (unpaired) electrons. The van der Waals surface area contributed by atoms with Crippen molar-refractivity contribution in [2.75, 3.05) is 16.4 Å². The number of carbonyl (C=O) groups is 2. The van der Waals surface area contributed by atoms with Gasteiger partial charge in [0.25, 0.3) is 0 Å². The fourth-order valence-corrected chi connectivity index (χ4v) is 3.66. The van der Waals surface area contributed by atoms with Gasteiger partial charge in [-0.25, -0.2) is 4.68 Å². The van der Waals surface area contributed by atoms with E-state index in [1.54, 1.807) is 6.92 Å². The minimum atomic E-state index is -0.382. The van der Waals surface area contributed by atoms with E-state index in [4.69, 9.17) is 0 Å². The zero-order valence-electron chi connectivity index (χ0n) is 17.6. The molecule has 0 saturated carbocycles. The number of amides is 2. The normalized spacial score (nSPS) is 11.7. The topological polar surface area (TPSA) is 76.0 Å². The molecule has 0 aliphatic heterocycles. The SMILES string of the molecule is Cc1ccc(NC(=O)CSC(C)C(=O)Nc2c(C)nn(-c3ccccc3)c2C)cc1. The maximum absolute atomic E-state index is 12.7. The molecule has 0 saturated heterocycles. The van der Waals surface area contributed by atoms with Crippen LogP contribution in [0, 0.1) is 20.8 Å². The van der Waals surface area contributed by atoms with E-state index in [-0.39, 0.29) is 22.8 Å². The summed E-state index contributed by atoms with van der Waals surface area (Å²) in [6.07, 6.45) is 0. The third-order valence-electron chi connectivity index (χ3n) is 4.71. The molecule has 7 heteroatoms. The number of aryl methyl sites for hydroxylation is 2. The number of carbonyl (C=O) groups excluding carboxylic acids is 2. The molecule has 3 rings (SSSR count). The molecule has 0 aliphatic carbocycles. The summed E-state index contributed by atoms with van der Waals surface area (Å²) in [5.74, 6) is -0.0846. The molecule has 1 unspecified atom stereocenters. The minimum Gasteiger partial charge on any atom is -0.325 e. The number of anilines is 2. The zero-order valence-corrected chi connectivity index (χ0v) is 18.4. The molecule has 3 aromatic rings. The van der Waals surface area contributed by atoms with Gasteiger partial charge in [0.05, 0.1) is 33.8 Å². The molecular formula is C23H26N4O2S. The third-order valence-corrected chi connectivity index (χ3v) is 5.85. The summed E-state index contributed by atoms with van der Waals surface area (Å²) in [7, 11) is 0. The van der Waals surface area contributed by atoms with Crippen LogP contribution >= 0.6 is 11.8 Å². The number of thioether (sulfide) groups is 1. The second-order valence-electron chi connectivity index (χ2n) is 7.15. The van der Waals surface area contributed by atoms with E-state index in [1.165, 1.54) is 11.8 Å². The van der Waals surface area contributed by atoms with E-state index in [0.717, 1.165) is 28.3 Å². The molecule has 1 atom stereocenters. The number of nitrogens with one attached hydrogen (secondary N) is 2. The van der Waals surface area contributed by atoms with E-state index in [0.29, 0.717) is 5.69 Å². The monoisotopic (exact) mass is 422 g/mol. The first-order chi connectivity index (χ1) is 14.3. The summed E-state index contributed by atoms with van der Waals surface area (Å²) < 4.78 is 1.82. The third kappa shape index (κ3) is 5.30. The Morgan fingerprint density at radius 1 is 1.00 bits per heavy atom. The molecule has 2 aromatic carbocycles. The predicted molar refractivity (Wildman–Crippen MR) is 123 cm³/mol. The van der Waals surface area contributed by atoms with Gasteiger partial charge in [0.2, 0.25) is 11.8 Å². The molecule has 30 heavy (non-hydrogen) atoms. The first-order valence-electron chi connectivity index (χ1n) is 9.76. The van der Waals surface area contributed by atoms with Gasteiger partial charge in [-0.05, 0) is 52.0 Å². The van der Waals surface area contributed by atoms with E-state index >= 15 is 0 Å². The Hall–Kier alpha value is -3.06. The van der Waals surface area contributed by atoms with Crippen LogP contribution in [0.5, 0.6) is 0 Å². The summed E-state index contributed by atoms with van der Waals surface area (Å²) in [4.78, 5) is 24.8. The highest BCUT2D eigenvalue weighted by molar-refractivity contribution is 8.01. The molecule has 1 aromatic heterocycles. The quantitative estimate of drug-likeness (QED) is 0.588. The number of hydrogen-bond donors (Lipinski definition) is 2. The van der Waals surface area contributed by atoms with Crippen LogP contribution in [-0.2, 0) is 9.59 Å². The van der Waals surface area contributed by atoms with Crippen molar-refractivity contribution in [1.82, 2.24) is 9.78 Å². The summed E-state index contributed by atoms with van der Waals surface area (Å²) in [6.45, 7) is 7.59. The second-order valence-corrected chi connectivity index (χ2v) is 8.48. The van der Waals surface area contributed by atoms with E-state index in [1.807, 2.05) is 80.1 Å². The van der Waals surface area contributed by atoms with Crippen LogP contribution < -0.4 is 10.6 Å². The first kappa shape index (κ1) is 21.6. The van der Waals surface area contributed by atoms with Crippen LogP contribution in [0.4, 0.5) is 11.4 Å². The van der Waals surface area contributed by atoms with Gasteiger partial charge in [0, 0.05) is 5.69 Å². The maximum Gasteiger partial charge on any atom is 0.237 e. The Balaban J connectivity index is 1.57. The van der Waals surface area contributed by atoms with Crippen molar-refractivity contribution in [2.45, 2.75) is 32.9 Å². The number of benzene rings is 2. The van der Waals surface area contributed by atoms with Crippen molar-refractivity contribution in [3.63, 3.8) is 0 Å². The van der Waals surface area contributed by atoms with Gasteiger partial charge in [-0.2, -0.15) is 5.10 Å². The second kappa shape index (κ2) is 9.63. The van der Waals surface area contributed by atoms with Crippen LogP contribution in [-0.4, -0.2) is 32.6 Å². The fraction of sp³-hybridized carbons (Fsp3) is 0.261. The smallest absolute Gasteiger partial charge is 0.237 e. The molecule has 6 nitrogen and oxygen atoms in total. The molecule has 0 spiro atoms. The highest BCUT2D eigenvalue weighted by Crippen LogP contribution is 2.24. The Kier molecular flexibility index (Phi) is 6.95. The lowest BCUT2D eigenvalue weighted by atomic mass is 10.2. The molecule has 0 bridgehead atoms. The lowest BCUT2D eigenvalue weighted by molar-refractivity contribution is -0.115. The van der Waals surface area contributed by atoms with Gasteiger partial charge in [0.15, 0.2) is 0 Å². The molecule has 1 heterocycles. The Morgan fingerprint density at radius 2 is 1.67 bits per heavy atom. The average molecular weight is 423 g/mol. The van der Waals surface area contributed by atoms with Crippen molar-refractivity contribution in [1.29, 1.82) is 0 Å². The summed E-state index contributed by atoms with van der Waals surface area (Å²) in [5.41, 5.74) is 5.14. The Morgan fingerprint density at radius 3 is 2.33 bits per heavy atom. The predicted octanol–water partition coefficient (Wildman–Crippen LogP) is 4.50. The molecule has 2 amide bonds. The Bertz CT molecular complexity index is 1030. The molecule has 0 fully saturated rings. The van der Waals surface area contributed by atoms with Gasteiger partial charge < -0.3 is 10.6 Å². The molecule has 2 N–H and O–H groups in total. The molecule has 156 valence electrons. The standard InChI is InChI=1S/C23H26N4O2S/c1-15-10-12-19(13-11-15)24-21(28)14-30-18(4)23(29)25-22-16(2)26-27(17(22)3)20-8-6-5-7-9-20/h5-13,18H,14H2,1-4H3,(H,24,28)(H,25,29). The maximum atomic E-state index is 12.7. The van der Waals surface area contributed by atoms with Crippen molar-refractivity contribution >= 4 is 35.0 Å². The molecule has 0 aliphatic rings. The number of aromatic nitrogens is 2. The van der Waals surface area contributed by atoms with Crippen LogP contribution in [0.2, 0.25) is 0 Å².